The molecule has 14 heavy (non-hydrogen) atoms. The van der Waals surface area contributed by atoms with Gasteiger partial charge in [0.05, 0.1) is 11.0 Å². The summed E-state index contributed by atoms with van der Waals surface area (Å²) in [5.74, 6) is -0.0706. The van der Waals surface area contributed by atoms with Crippen LogP contribution >= 0.6 is 0 Å². The monoisotopic (exact) mass is 188 g/mol. The molecule has 4 heteroatoms. The number of nitrogens with zero attached hydrogens (tertiary/aromatic N) is 2. The molecule has 0 N–H and O–H groups in total. The Labute approximate surface area is 80.6 Å². The summed E-state index contributed by atoms with van der Waals surface area (Å²) in [5.41, 5.74) is 1.50. The van der Waals surface area contributed by atoms with E-state index in [0.29, 0.717) is 11.4 Å². The molecule has 0 atom stereocenters. The largest absolute Gasteiger partial charge is 0.408 e. The number of rotatable bonds is 1. The van der Waals surface area contributed by atoms with Crippen LogP contribution in [0.3, 0.4) is 0 Å². The molecule has 0 radical (unpaired) electrons. The van der Waals surface area contributed by atoms with Crippen LogP contribution in [-0.2, 0) is 4.79 Å². The predicted octanol–water partition coefficient (Wildman–Crippen LogP) is 1.56. The first kappa shape index (κ1) is 8.62. The normalized spacial score (nSPS) is 10.1. The molecule has 0 aromatic carbocycles. The van der Waals surface area contributed by atoms with Crippen LogP contribution in [0.4, 0.5) is 0 Å². The quantitative estimate of drug-likeness (QED) is 0.637. The van der Waals surface area contributed by atoms with Crippen LogP contribution in [0.25, 0.3) is 11.0 Å². The zero-order valence-electron chi connectivity index (χ0n) is 7.60. The van der Waals surface area contributed by atoms with Crippen molar-refractivity contribution in [2.24, 2.45) is 0 Å². The standard InChI is InChI=1S/C10H8N2O2/c1-7(13)14-10-5-4-8-9(12-10)3-2-6-11-8/h2-6H,1H3. The average Bonchev–Trinajstić information content (AvgIpc) is 2.17. The third-order valence-corrected chi connectivity index (χ3v) is 1.68. The van der Waals surface area contributed by atoms with Crippen molar-refractivity contribution in [2.45, 2.75) is 6.92 Å². The van der Waals surface area contributed by atoms with E-state index < -0.39 is 0 Å². The Bertz CT molecular complexity index is 482. The zero-order chi connectivity index (χ0) is 9.97. The first-order valence-corrected chi connectivity index (χ1v) is 4.16. The lowest BCUT2D eigenvalue weighted by molar-refractivity contribution is -0.132. The molecular formula is C10H8N2O2. The predicted molar refractivity (Wildman–Crippen MR) is 50.8 cm³/mol. The minimum Gasteiger partial charge on any atom is -0.408 e. The summed E-state index contributed by atoms with van der Waals surface area (Å²) in [7, 11) is 0. The second kappa shape index (κ2) is 3.41. The smallest absolute Gasteiger partial charge is 0.309 e. The average molecular weight is 188 g/mol. The molecule has 0 amide bonds. The molecule has 0 unspecified atom stereocenters. The summed E-state index contributed by atoms with van der Waals surface area (Å²) in [6, 6.07) is 6.99. The molecule has 0 saturated heterocycles. The maximum atomic E-state index is 10.7. The van der Waals surface area contributed by atoms with E-state index in [1.165, 1.54) is 6.92 Å². The Morgan fingerprint density at radius 1 is 1.29 bits per heavy atom. The molecule has 4 nitrogen and oxygen atoms in total. The summed E-state index contributed by atoms with van der Waals surface area (Å²) in [4.78, 5) is 18.9. The lowest BCUT2D eigenvalue weighted by Crippen LogP contribution is -2.02. The highest BCUT2D eigenvalue weighted by Gasteiger charge is 2.01. The molecule has 0 saturated carbocycles. The van der Waals surface area contributed by atoms with E-state index >= 15 is 0 Å². The third-order valence-electron chi connectivity index (χ3n) is 1.68. The fourth-order valence-electron chi connectivity index (χ4n) is 1.14. The first-order valence-electron chi connectivity index (χ1n) is 4.16. The fraction of sp³-hybridized carbons (Fsp3) is 0.100. The molecule has 2 aromatic heterocycles. The van der Waals surface area contributed by atoms with Gasteiger partial charge in [-0.3, -0.25) is 9.78 Å². The summed E-state index contributed by atoms with van der Waals surface area (Å²) >= 11 is 0. The highest BCUT2D eigenvalue weighted by molar-refractivity contribution is 5.75. The number of carbonyl (C=O) groups excluding carboxylic acids is 1. The van der Waals surface area contributed by atoms with Gasteiger partial charge in [-0.05, 0) is 18.2 Å². The lowest BCUT2D eigenvalue weighted by Gasteiger charge is -2.00. The molecule has 0 aliphatic rings. The summed E-state index contributed by atoms with van der Waals surface area (Å²) in [6.07, 6.45) is 1.69. The van der Waals surface area contributed by atoms with Crippen LogP contribution in [0, 0.1) is 0 Å². The van der Waals surface area contributed by atoms with Gasteiger partial charge in [-0.2, -0.15) is 0 Å². The van der Waals surface area contributed by atoms with E-state index in [4.69, 9.17) is 4.74 Å². The fourth-order valence-corrected chi connectivity index (χ4v) is 1.14. The lowest BCUT2D eigenvalue weighted by atomic mass is 10.3. The molecule has 70 valence electrons. The molecule has 0 aliphatic carbocycles. The number of pyridine rings is 2. The van der Waals surface area contributed by atoms with Gasteiger partial charge in [0.25, 0.3) is 0 Å². The maximum absolute atomic E-state index is 10.7. The van der Waals surface area contributed by atoms with Crippen LogP contribution in [-0.4, -0.2) is 15.9 Å². The third kappa shape index (κ3) is 1.69. The molecule has 0 aliphatic heterocycles. The number of ether oxygens (including phenoxy) is 1. The topological polar surface area (TPSA) is 52.1 Å². The van der Waals surface area contributed by atoms with Gasteiger partial charge in [0.2, 0.25) is 5.88 Å². The highest BCUT2D eigenvalue weighted by Crippen LogP contribution is 2.13. The van der Waals surface area contributed by atoms with Gasteiger partial charge in [-0.25, -0.2) is 4.98 Å². The maximum Gasteiger partial charge on any atom is 0.309 e. The minimum atomic E-state index is -0.374. The number of carbonyl (C=O) groups is 1. The molecule has 0 bridgehead atoms. The second-order valence-electron chi connectivity index (χ2n) is 2.78. The Morgan fingerprint density at radius 3 is 2.93 bits per heavy atom. The number of hydrogen-bond donors (Lipinski definition) is 0. The van der Waals surface area contributed by atoms with E-state index in [-0.39, 0.29) is 5.97 Å². The summed E-state index contributed by atoms with van der Waals surface area (Å²) in [5, 5.41) is 0. The summed E-state index contributed by atoms with van der Waals surface area (Å²) < 4.78 is 4.84. The van der Waals surface area contributed by atoms with Crippen molar-refractivity contribution in [3.63, 3.8) is 0 Å². The zero-order valence-corrected chi connectivity index (χ0v) is 7.60. The van der Waals surface area contributed by atoms with Crippen LogP contribution in [0.1, 0.15) is 6.92 Å². The Kier molecular flexibility index (Phi) is 2.10. The molecule has 2 rings (SSSR count). The summed E-state index contributed by atoms with van der Waals surface area (Å²) in [6.45, 7) is 1.34. The van der Waals surface area contributed by atoms with E-state index in [9.17, 15) is 4.79 Å². The molecule has 2 aromatic rings. The van der Waals surface area contributed by atoms with Gasteiger partial charge in [0.1, 0.15) is 0 Å². The van der Waals surface area contributed by atoms with Gasteiger partial charge >= 0.3 is 5.97 Å². The van der Waals surface area contributed by atoms with E-state index in [2.05, 4.69) is 9.97 Å². The van der Waals surface area contributed by atoms with Crippen molar-refractivity contribution in [1.82, 2.24) is 9.97 Å². The van der Waals surface area contributed by atoms with Crippen molar-refractivity contribution >= 4 is 17.0 Å². The van der Waals surface area contributed by atoms with Gasteiger partial charge in [-0.15, -0.1) is 0 Å². The molecular weight excluding hydrogens is 180 g/mol. The second-order valence-corrected chi connectivity index (χ2v) is 2.78. The van der Waals surface area contributed by atoms with Crippen LogP contribution in [0.15, 0.2) is 30.5 Å². The Balaban J connectivity index is 2.46. The molecule has 2 heterocycles. The van der Waals surface area contributed by atoms with Crippen molar-refractivity contribution < 1.29 is 9.53 Å². The van der Waals surface area contributed by atoms with Crippen molar-refractivity contribution in [1.29, 1.82) is 0 Å². The number of aromatic nitrogens is 2. The van der Waals surface area contributed by atoms with E-state index in [1.54, 1.807) is 24.4 Å². The van der Waals surface area contributed by atoms with Gasteiger partial charge in [0.15, 0.2) is 0 Å². The Hall–Kier alpha value is -1.97. The van der Waals surface area contributed by atoms with Crippen molar-refractivity contribution in [2.75, 3.05) is 0 Å². The van der Waals surface area contributed by atoms with Gasteiger partial charge in [-0.1, -0.05) is 0 Å². The van der Waals surface area contributed by atoms with E-state index in [0.717, 1.165) is 5.52 Å². The highest BCUT2D eigenvalue weighted by atomic mass is 16.5. The molecule has 0 spiro atoms. The van der Waals surface area contributed by atoms with Gasteiger partial charge < -0.3 is 4.74 Å². The number of esters is 1. The van der Waals surface area contributed by atoms with Crippen LogP contribution in [0.2, 0.25) is 0 Å². The van der Waals surface area contributed by atoms with Crippen molar-refractivity contribution in [3.8, 4) is 5.88 Å². The number of hydrogen-bond acceptors (Lipinski definition) is 4. The van der Waals surface area contributed by atoms with Crippen LogP contribution < -0.4 is 4.74 Å². The first-order chi connectivity index (χ1) is 6.75. The van der Waals surface area contributed by atoms with Crippen LogP contribution in [0.5, 0.6) is 5.88 Å². The Morgan fingerprint density at radius 2 is 2.14 bits per heavy atom. The van der Waals surface area contributed by atoms with Gasteiger partial charge in [0, 0.05) is 19.2 Å². The minimum absolute atomic E-state index is 0.304. The van der Waals surface area contributed by atoms with E-state index in [1.807, 2.05) is 6.07 Å². The SMILES string of the molecule is CC(=O)Oc1ccc2ncccc2n1. The number of fused-ring (bicyclic) bond motifs is 1. The van der Waals surface area contributed by atoms with Crippen molar-refractivity contribution in [3.05, 3.63) is 30.5 Å². The molecule has 0 fully saturated rings.